The van der Waals surface area contributed by atoms with Crippen LogP contribution in [0.2, 0.25) is 0 Å². The third kappa shape index (κ3) is 4.58. The van der Waals surface area contributed by atoms with Crippen molar-refractivity contribution in [2.24, 2.45) is 0 Å². The summed E-state index contributed by atoms with van der Waals surface area (Å²) in [6.07, 6.45) is 0.980. The molecule has 26 heavy (non-hydrogen) atoms. The third-order valence-corrected chi connectivity index (χ3v) is 4.64. The molecule has 0 aromatic heterocycles. The predicted molar refractivity (Wildman–Crippen MR) is 95.6 cm³/mol. The second-order valence-corrected chi connectivity index (χ2v) is 6.44. The Hall–Kier alpha value is -2.47. The van der Waals surface area contributed by atoms with Crippen LogP contribution in [0.4, 0.5) is 13.6 Å². The van der Waals surface area contributed by atoms with Crippen molar-refractivity contribution >= 4 is 6.09 Å². The smallest absolute Gasteiger partial charge is 0.407 e. The summed E-state index contributed by atoms with van der Waals surface area (Å²) in [6.45, 7) is 2.02. The van der Waals surface area contributed by atoms with Gasteiger partial charge in [-0.05, 0) is 42.2 Å². The van der Waals surface area contributed by atoms with Gasteiger partial charge in [-0.3, -0.25) is 4.90 Å². The Morgan fingerprint density at radius 2 is 1.77 bits per heavy atom. The molecule has 1 aliphatic rings. The van der Waals surface area contributed by atoms with Crippen LogP contribution in [0.1, 0.15) is 18.4 Å². The first-order valence-corrected chi connectivity index (χ1v) is 8.70. The molecule has 1 N–H and O–H groups in total. The lowest BCUT2D eigenvalue weighted by Gasteiger charge is -2.31. The normalized spacial score (nSPS) is 15.7. The van der Waals surface area contributed by atoms with Crippen LogP contribution in [0.5, 0.6) is 0 Å². The summed E-state index contributed by atoms with van der Waals surface area (Å²) in [6, 6.07) is 11.1. The molecule has 0 unspecified atom stereocenters. The molecular formula is C20H22F2N2O2. The molecule has 2 aromatic carbocycles. The van der Waals surface area contributed by atoms with E-state index in [4.69, 9.17) is 4.74 Å². The number of hydrogen-bond acceptors (Lipinski definition) is 3. The van der Waals surface area contributed by atoms with Gasteiger partial charge < -0.3 is 10.1 Å². The van der Waals surface area contributed by atoms with Crippen molar-refractivity contribution < 1.29 is 18.3 Å². The number of nitrogens with one attached hydrogen (secondary N) is 1. The molecule has 0 bridgehead atoms. The maximum Gasteiger partial charge on any atom is 0.407 e. The molecule has 6 heteroatoms. The number of carbonyl (C=O) groups is 1. The molecule has 1 heterocycles. The SMILES string of the molecule is CNC(=O)OC1CCN(Cc2ccc(-c3ccc(F)cc3)cc2F)CC1. The lowest BCUT2D eigenvalue weighted by molar-refractivity contribution is 0.0496. The minimum Gasteiger partial charge on any atom is -0.446 e. The molecule has 0 spiro atoms. The van der Waals surface area contributed by atoms with Crippen molar-refractivity contribution in [1.82, 2.24) is 10.2 Å². The first-order valence-electron chi connectivity index (χ1n) is 8.70. The summed E-state index contributed by atoms with van der Waals surface area (Å²) in [5.41, 5.74) is 2.13. The summed E-state index contributed by atoms with van der Waals surface area (Å²) in [4.78, 5) is 13.4. The van der Waals surface area contributed by atoms with Crippen LogP contribution in [-0.4, -0.2) is 37.2 Å². The Morgan fingerprint density at radius 3 is 2.38 bits per heavy atom. The highest BCUT2D eigenvalue weighted by Crippen LogP contribution is 2.24. The van der Waals surface area contributed by atoms with Crippen molar-refractivity contribution in [3.63, 3.8) is 0 Å². The van der Waals surface area contributed by atoms with Gasteiger partial charge in [-0.15, -0.1) is 0 Å². The number of rotatable bonds is 4. The zero-order chi connectivity index (χ0) is 18.5. The van der Waals surface area contributed by atoms with Gasteiger partial charge in [0.25, 0.3) is 0 Å². The van der Waals surface area contributed by atoms with Crippen LogP contribution in [0.25, 0.3) is 11.1 Å². The quantitative estimate of drug-likeness (QED) is 0.898. The summed E-state index contributed by atoms with van der Waals surface area (Å²) in [5.74, 6) is -0.579. The van der Waals surface area contributed by atoms with E-state index in [1.165, 1.54) is 25.2 Å². The van der Waals surface area contributed by atoms with Crippen LogP contribution in [-0.2, 0) is 11.3 Å². The fraction of sp³-hybridized carbons (Fsp3) is 0.350. The van der Waals surface area contributed by atoms with Crippen LogP contribution >= 0.6 is 0 Å². The van der Waals surface area contributed by atoms with Gasteiger partial charge in [0.15, 0.2) is 0 Å². The number of nitrogens with zero attached hydrogens (tertiary/aromatic N) is 1. The second-order valence-electron chi connectivity index (χ2n) is 6.44. The fourth-order valence-corrected chi connectivity index (χ4v) is 3.13. The van der Waals surface area contributed by atoms with E-state index in [9.17, 15) is 13.6 Å². The molecule has 1 amide bonds. The maximum atomic E-state index is 14.5. The van der Waals surface area contributed by atoms with Gasteiger partial charge >= 0.3 is 6.09 Å². The number of piperidine rings is 1. The highest BCUT2D eigenvalue weighted by Gasteiger charge is 2.22. The second kappa shape index (κ2) is 8.27. The Kier molecular flexibility index (Phi) is 5.83. The Bertz CT molecular complexity index is 757. The maximum absolute atomic E-state index is 14.5. The molecule has 2 aromatic rings. The zero-order valence-electron chi connectivity index (χ0n) is 14.7. The number of likely N-dealkylation sites (tertiary alicyclic amines) is 1. The van der Waals surface area contributed by atoms with E-state index in [1.54, 1.807) is 18.2 Å². The average molecular weight is 360 g/mol. The number of carbonyl (C=O) groups excluding carboxylic acids is 1. The van der Waals surface area contributed by atoms with Gasteiger partial charge in [0.2, 0.25) is 0 Å². The lowest BCUT2D eigenvalue weighted by atomic mass is 10.0. The average Bonchev–Trinajstić information content (AvgIpc) is 2.65. The highest BCUT2D eigenvalue weighted by molar-refractivity contribution is 5.66. The number of halogens is 2. The van der Waals surface area contributed by atoms with Gasteiger partial charge in [-0.25, -0.2) is 13.6 Å². The standard InChI is InChI=1S/C20H22F2N2O2/c1-23-20(25)26-18-8-10-24(11-9-18)13-16-3-2-15(12-19(16)22)14-4-6-17(21)7-5-14/h2-7,12,18H,8-11,13H2,1H3,(H,23,25). The number of benzene rings is 2. The van der Waals surface area contributed by atoms with Crippen LogP contribution in [0.3, 0.4) is 0 Å². The summed E-state index contributed by atoms with van der Waals surface area (Å²) in [5, 5.41) is 2.45. The third-order valence-electron chi connectivity index (χ3n) is 4.64. The van der Waals surface area contributed by atoms with Crippen LogP contribution in [0, 0.1) is 11.6 Å². The number of ether oxygens (including phenoxy) is 1. The Morgan fingerprint density at radius 1 is 1.12 bits per heavy atom. The largest absolute Gasteiger partial charge is 0.446 e. The highest BCUT2D eigenvalue weighted by atomic mass is 19.1. The van der Waals surface area contributed by atoms with E-state index in [0.29, 0.717) is 12.1 Å². The molecular weight excluding hydrogens is 338 g/mol. The first kappa shape index (κ1) is 18.3. The van der Waals surface area contributed by atoms with Crippen LogP contribution < -0.4 is 5.32 Å². The molecule has 1 aliphatic heterocycles. The van der Waals surface area contributed by atoms with Gasteiger partial charge in [-0.2, -0.15) is 0 Å². The topological polar surface area (TPSA) is 41.6 Å². The fourth-order valence-electron chi connectivity index (χ4n) is 3.13. The minimum atomic E-state index is -0.411. The van der Waals surface area contributed by atoms with Crippen molar-refractivity contribution in [3.8, 4) is 11.1 Å². The van der Waals surface area contributed by atoms with E-state index in [1.807, 2.05) is 6.07 Å². The lowest BCUT2D eigenvalue weighted by Crippen LogP contribution is -2.38. The molecule has 1 fully saturated rings. The predicted octanol–water partition coefficient (Wildman–Crippen LogP) is 3.95. The van der Waals surface area contributed by atoms with E-state index >= 15 is 0 Å². The first-order chi connectivity index (χ1) is 12.5. The van der Waals surface area contributed by atoms with Crippen molar-refractivity contribution in [1.29, 1.82) is 0 Å². The molecule has 138 valence electrons. The van der Waals surface area contributed by atoms with E-state index in [0.717, 1.165) is 37.1 Å². The number of amides is 1. The summed E-state index contributed by atoms with van der Waals surface area (Å²) < 4.78 is 32.8. The van der Waals surface area contributed by atoms with Crippen molar-refractivity contribution in [2.75, 3.05) is 20.1 Å². The Balaban J connectivity index is 1.59. The van der Waals surface area contributed by atoms with Gasteiger partial charge in [0.05, 0.1) is 0 Å². The molecule has 0 atom stereocenters. The molecule has 4 nitrogen and oxygen atoms in total. The summed E-state index contributed by atoms with van der Waals surface area (Å²) >= 11 is 0. The zero-order valence-corrected chi connectivity index (χ0v) is 14.7. The van der Waals surface area contributed by atoms with E-state index in [2.05, 4.69) is 10.2 Å². The van der Waals surface area contributed by atoms with Crippen LogP contribution in [0.15, 0.2) is 42.5 Å². The number of hydrogen-bond donors (Lipinski definition) is 1. The molecule has 1 saturated heterocycles. The molecule has 0 saturated carbocycles. The minimum absolute atomic E-state index is 0.0862. The van der Waals surface area contributed by atoms with Gasteiger partial charge in [-0.1, -0.05) is 24.3 Å². The van der Waals surface area contributed by atoms with E-state index < -0.39 is 6.09 Å². The monoisotopic (exact) mass is 360 g/mol. The Labute approximate surface area is 151 Å². The number of alkyl carbamates (subject to hydrolysis) is 1. The molecule has 0 radical (unpaired) electrons. The van der Waals surface area contributed by atoms with Crippen molar-refractivity contribution in [3.05, 3.63) is 59.7 Å². The van der Waals surface area contributed by atoms with Gasteiger partial charge in [0, 0.05) is 32.2 Å². The summed E-state index contributed by atoms with van der Waals surface area (Å²) in [7, 11) is 1.54. The molecule has 0 aliphatic carbocycles. The van der Waals surface area contributed by atoms with Crippen molar-refractivity contribution in [2.45, 2.75) is 25.5 Å². The molecule has 3 rings (SSSR count). The van der Waals surface area contributed by atoms with Gasteiger partial charge in [0.1, 0.15) is 17.7 Å². The van der Waals surface area contributed by atoms with E-state index in [-0.39, 0.29) is 17.7 Å².